The van der Waals surface area contributed by atoms with Gasteiger partial charge in [-0.05, 0) is 18.4 Å². The lowest BCUT2D eigenvalue weighted by Gasteiger charge is -2.03. The lowest BCUT2D eigenvalue weighted by molar-refractivity contribution is 0.137. The number of carbonyl (C=O) groups is 1. The molecule has 3 heteroatoms. The van der Waals surface area contributed by atoms with Gasteiger partial charge >= 0.3 is 6.16 Å². The third-order valence-electron chi connectivity index (χ3n) is 4.41. The maximum atomic E-state index is 8.56. The second-order valence-corrected chi connectivity index (χ2v) is 6.76. The highest BCUT2D eigenvalue weighted by Gasteiger charge is 1.95. The molecule has 3 nitrogen and oxygen atoms in total. The van der Waals surface area contributed by atoms with E-state index in [2.05, 4.69) is 37.3 Å². The SMILES string of the molecule is CCCCCCCCCCCCCCCc1ccccc1.O=C(O)O. The fourth-order valence-corrected chi connectivity index (χ4v) is 2.99. The van der Waals surface area contributed by atoms with E-state index in [1.807, 2.05) is 0 Å². The van der Waals surface area contributed by atoms with Gasteiger partial charge in [-0.2, -0.15) is 0 Å². The molecule has 0 fully saturated rings. The van der Waals surface area contributed by atoms with E-state index in [9.17, 15) is 0 Å². The zero-order valence-electron chi connectivity index (χ0n) is 16.1. The molecule has 0 saturated heterocycles. The molecule has 0 aliphatic rings. The number of carboxylic acid groups (broad SMARTS) is 2. The fraction of sp³-hybridized carbons (Fsp3) is 0.682. The van der Waals surface area contributed by atoms with Gasteiger partial charge in [-0.1, -0.05) is 114 Å². The van der Waals surface area contributed by atoms with Gasteiger partial charge in [0.1, 0.15) is 0 Å². The average Bonchev–Trinajstić information content (AvgIpc) is 2.59. The van der Waals surface area contributed by atoms with E-state index in [4.69, 9.17) is 15.0 Å². The highest BCUT2D eigenvalue weighted by Crippen LogP contribution is 2.13. The number of benzene rings is 1. The number of unbranched alkanes of at least 4 members (excludes halogenated alkanes) is 12. The van der Waals surface area contributed by atoms with Gasteiger partial charge < -0.3 is 10.2 Å². The van der Waals surface area contributed by atoms with Crippen LogP contribution in [0.1, 0.15) is 96.0 Å². The van der Waals surface area contributed by atoms with Crippen molar-refractivity contribution in [3.05, 3.63) is 35.9 Å². The zero-order valence-corrected chi connectivity index (χ0v) is 16.1. The molecule has 0 aromatic heterocycles. The monoisotopic (exact) mass is 350 g/mol. The molecule has 0 bridgehead atoms. The molecule has 1 aromatic carbocycles. The maximum Gasteiger partial charge on any atom is 0.503 e. The van der Waals surface area contributed by atoms with Crippen LogP contribution in [0.2, 0.25) is 0 Å². The first-order valence-corrected chi connectivity index (χ1v) is 10.1. The van der Waals surface area contributed by atoms with Gasteiger partial charge in [0.2, 0.25) is 0 Å². The van der Waals surface area contributed by atoms with Gasteiger partial charge in [0.15, 0.2) is 0 Å². The third kappa shape index (κ3) is 20.4. The van der Waals surface area contributed by atoms with E-state index < -0.39 is 6.16 Å². The third-order valence-corrected chi connectivity index (χ3v) is 4.41. The zero-order chi connectivity index (χ0) is 18.6. The summed E-state index contributed by atoms with van der Waals surface area (Å²) in [5, 5.41) is 13.9. The average molecular weight is 351 g/mol. The molecule has 0 amide bonds. The van der Waals surface area contributed by atoms with Crippen molar-refractivity contribution in [2.75, 3.05) is 0 Å². The molecule has 144 valence electrons. The number of rotatable bonds is 14. The van der Waals surface area contributed by atoms with Crippen LogP contribution in [0.3, 0.4) is 0 Å². The molecule has 0 unspecified atom stereocenters. The fourth-order valence-electron chi connectivity index (χ4n) is 2.99. The highest BCUT2D eigenvalue weighted by molar-refractivity contribution is 5.53. The quantitative estimate of drug-likeness (QED) is 0.341. The molecule has 0 atom stereocenters. The van der Waals surface area contributed by atoms with Crippen LogP contribution in [0.5, 0.6) is 0 Å². The summed E-state index contributed by atoms with van der Waals surface area (Å²) in [4.78, 5) is 8.56. The van der Waals surface area contributed by atoms with Gasteiger partial charge in [-0.3, -0.25) is 0 Å². The van der Waals surface area contributed by atoms with Crippen molar-refractivity contribution in [2.45, 2.75) is 96.8 Å². The summed E-state index contributed by atoms with van der Waals surface area (Å²) in [6, 6.07) is 10.9. The number of hydrogen-bond donors (Lipinski definition) is 2. The lowest BCUT2D eigenvalue weighted by atomic mass is 10.0. The largest absolute Gasteiger partial charge is 0.503 e. The first kappa shape index (κ1) is 23.5. The summed E-state index contributed by atoms with van der Waals surface area (Å²) in [5.74, 6) is 0. The summed E-state index contributed by atoms with van der Waals surface area (Å²) in [5.41, 5.74) is 1.50. The second-order valence-electron chi connectivity index (χ2n) is 6.76. The van der Waals surface area contributed by atoms with Crippen LogP contribution in [-0.2, 0) is 6.42 Å². The molecule has 1 rings (SSSR count). The van der Waals surface area contributed by atoms with Crippen LogP contribution in [0, 0.1) is 0 Å². The van der Waals surface area contributed by atoms with Crippen molar-refractivity contribution in [2.24, 2.45) is 0 Å². The normalized spacial score (nSPS) is 10.1. The minimum Gasteiger partial charge on any atom is -0.450 e. The molecule has 25 heavy (non-hydrogen) atoms. The van der Waals surface area contributed by atoms with Gasteiger partial charge in [0.25, 0.3) is 0 Å². The van der Waals surface area contributed by atoms with E-state index in [1.54, 1.807) is 0 Å². The van der Waals surface area contributed by atoms with Gasteiger partial charge in [-0.15, -0.1) is 0 Å². The minimum atomic E-state index is -1.83. The molecular weight excluding hydrogens is 312 g/mol. The molecule has 2 N–H and O–H groups in total. The first-order chi connectivity index (χ1) is 12.2. The number of aryl methyl sites for hydroxylation is 1. The van der Waals surface area contributed by atoms with E-state index in [0.29, 0.717) is 0 Å². The number of hydrogen-bond acceptors (Lipinski definition) is 1. The Balaban J connectivity index is 0.00000129. The Kier molecular flexibility index (Phi) is 17.7. The summed E-state index contributed by atoms with van der Waals surface area (Å²) in [7, 11) is 0. The van der Waals surface area contributed by atoms with E-state index in [-0.39, 0.29) is 0 Å². The van der Waals surface area contributed by atoms with Crippen LogP contribution < -0.4 is 0 Å². The highest BCUT2D eigenvalue weighted by atomic mass is 16.6. The minimum absolute atomic E-state index is 1.26. The van der Waals surface area contributed by atoms with Crippen molar-refractivity contribution in [1.29, 1.82) is 0 Å². The molecule has 0 heterocycles. The van der Waals surface area contributed by atoms with Crippen molar-refractivity contribution in [1.82, 2.24) is 0 Å². The van der Waals surface area contributed by atoms with E-state index in [1.165, 1.54) is 95.5 Å². The van der Waals surface area contributed by atoms with Crippen LogP contribution in [0.25, 0.3) is 0 Å². The molecule has 0 aliphatic carbocycles. The van der Waals surface area contributed by atoms with Crippen LogP contribution in [0.4, 0.5) is 4.79 Å². The van der Waals surface area contributed by atoms with Crippen molar-refractivity contribution < 1.29 is 15.0 Å². The van der Waals surface area contributed by atoms with Crippen molar-refractivity contribution >= 4 is 6.16 Å². The van der Waals surface area contributed by atoms with Gasteiger partial charge in [-0.25, -0.2) is 4.79 Å². The van der Waals surface area contributed by atoms with Crippen LogP contribution in [-0.4, -0.2) is 16.4 Å². The summed E-state index contributed by atoms with van der Waals surface area (Å²) in [6.45, 7) is 2.29. The summed E-state index contributed by atoms with van der Waals surface area (Å²) in [6.07, 6.45) is 18.1. The Hall–Kier alpha value is -1.51. The van der Waals surface area contributed by atoms with Crippen molar-refractivity contribution in [3.8, 4) is 0 Å². The van der Waals surface area contributed by atoms with Crippen LogP contribution in [0.15, 0.2) is 30.3 Å². The standard InChI is InChI=1S/C21H36.CH2O3/c1-2-3-4-5-6-7-8-9-10-11-12-13-15-18-21-19-16-14-17-20-21;2-1(3)4/h14,16-17,19-20H,2-13,15,18H2,1H3;(H2,2,3,4). The molecule has 0 aliphatic heterocycles. The predicted molar refractivity (Wildman–Crippen MR) is 106 cm³/mol. The van der Waals surface area contributed by atoms with E-state index >= 15 is 0 Å². The smallest absolute Gasteiger partial charge is 0.450 e. The molecule has 0 saturated carbocycles. The summed E-state index contributed by atoms with van der Waals surface area (Å²) >= 11 is 0. The topological polar surface area (TPSA) is 57.5 Å². The maximum absolute atomic E-state index is 8.56. The van der Waals surface area contributed by atoms with Gasteiger partial charge in [0.05, 0.1) is 0 Å². The second kappa shape index (κ2) is 18.8. The lowest BCUT2D eigenvalue weighted by Crippen LogP contribution is -1.86. The Bertz CT molecular complexity index is 386. The first-order valence-electron chi connectivity index (χ1n) is 10.1. The van der Waals surface area contributed by atoms with E-state index in [0.717, 1.165) is 0 Å². The van der Waals surface area contributed by atoms with Gasteiger partial charge in [0, 0.05) is 0 Å². The van der Waals surface area contributed by atoms with Crippen LogP contribution >= 0.6 is 0 Å². The predicted octanol–water partition coefficient (Wildman–Crippen LogP) is 7.54. The molecular formula is C22H38O3. The Morgan fingerprint density at radius 3 is 1.44 bits per heavy atom. The van der Waals surface area contributed by atoms with Crippen molar-refractivity contribution in [3.63, 3.8) is 0 Å². The summed E-state index contributed by atoms with van der Waals surface area (Å²) < 4.78 is 0. The molecule has 0 spiro atoms. The molecule has 0 radical (unpaired) electrons. The Labute approximate surface area is 154 Å². The molecule has 1 aromatic rings. The Morgan fingerprint density at radius 1 is 0.680 bits per heavy atom. The Morgan fingerprint density at radius 2 is 1.04 bits per heavy atom.